The second kappa shape index (κ2) is 8.33. The van der Waals surface area contributed by atoms with Gasteiger partial charge in [0.2, 0.25) is 0 Å². The zero-order valence-corrected chi connectivity index (χ0v) is 12.3. The van der Waals surface area contributed by atoms with Crippen LogP contribution >= 0.6 is 23.8 Å². The van der Waals surface area contributed by atoms with E-state index in [4.69, 9.17) is 34.3 Å². The summed E-state index contributed by atoms with van der Waals surface area (Å²) in [6.45, 7) is 2.94. The Kier molecular flexibility index (Phi) is 7.06. The molecule has 0 aliphatic heterocycles. The summed E-state index contributed by atoms with van der Waals surface area (Å²) in [6, 6.07) is 5.42. The molecule has 0 heterocycles. The van der Waals surface area contributed by atoms with Gasteiger partial charge in [-0.25, -0.2) is 0 Å². The largest absolute Gasteiger partial charge is 0.494 e. The highest BCUT2D eigenvalue weighted by atomic mass is 35.5. The van der Waals surface area contributed by atoms with Crippen molar-refractivity contribution in [3.05, 3.63) is 28.8 Å². The highest BCUT2D eigenvalue weighted by Gasteiger charge is 2.04. The van der Waals surface area contributed by atoms with Crippen molar-refractivity contribution in [3.63, 3.8) is 0 Å². The third kappa shape index (κ3) is 5.23. The summed E-state index contributed by atoms with van der Waals surface area (Å²) in [5.74, 6) is 0.774. The van der Waals surface area contributed by atoms with Gasteiger partial charge in [0.15, 0.2) is 0 Å². The maximum Gasteiger partial charge on any atom is 0.120 e. The molecule has 0 radical (unpaired) electrons. The minimum absolute atomic E-state index is 0.311. The van der Waals surface area contributed by atoms with Gasteiger partial charge in [-0.15, -0.1) is 0 Å². The summed E-state index contributed by atoms with van der Waals surface area (Å²) in [6.07, 6.45) is 6.13. The van der Waals surface area contributed by atoms with E-state index in [1.54, 1.807) is 12.1 Å². The van der Waals surface area contributed by atoms with Crippen LogP contribution in [0.5, 0.6) is 5.75 Å². The summed E-state index contributed by atoms with van der Waals surface area (Å²) in [4.78, 5) is 0.311. The second-order valence-corrected chi connectivity index (χ2v) is 5.12. The molecule has 0 aliphatic carbocycles. The van der Waals surface area contributed by atoms with E-state index in [0.717, 1.165) is 18.8 Å². The summed E-state index contributed by atoms with van der Waals surface area (Å²) in [5, 5.41) is 0.547. The average Bonchev–Trinajstić information content (AvgIpc) is 2.33. The number of nitrogens with two attached hydrogens (primary N) is 1. The molecule has 0 bridgehead atoms. The zero-order chi connectivity index (χ0) is 13.4. The normalized spacial score (nSPS) is 10.3. The smallest absolute Gasteiger partial charge is 0.120 e. The first kappa shape index (κ1) is 15.3. The van der Waals surface area contributed by atoms with Crippen molar-refractivity contribution < 1.29 is 4.74 Å². The molecule has 18 heavy (non-hydrogen) atoms. The molecule has 0 aromatic heterocycles. The lowest BCUT2D eigenvalue weighted by molar-refractivity contribution is 0.304. The molecule has 2 nitrogen and oxygen atoms in total. The molecule has 1 rings (SSSR count). The molecule has 4 heteroatoms. The van der Waals surface area contributed by atoms with Crippen LogP contribution in [-0.2, 0) is 0 Å². The van der Waals surface area contributed by atoms with Crippen molar-refractivity contribution in [2.75, 3.05) is 6.61 Å². The fourth-order valence-electron chi connectivity index (χ4n) is 1.68. The standard InChI is InChI=1S/C14H20ClNOS/c1-2-3-4-5-6-9-17-11-7-8-12(14(16)18)13(15)10-11/h7-8,10H,2-6,9H2,1H3,(H2,16,18). The van der Waals surface area contributed by atoms with E-state index in [0.29, 0.717) is 15.6 Å². The van der Waals surface area contributed by atoms with E-state index < -0.39 is 0 Å². The van der Waals surface area contributed by atoms with Crippen LogP contribution in [-0.4, -0.2) is 11.6 Å². The van der Waals surface area contributed by atoms with Crippen molar-refractivity contribution in [2.24, 2.45) is 5.73 Å². The molecule has 1 aromatic rings. The van der Waals surface area contributed by atoms with Crippen LogP contribution in [0.3, 0.4) is 0 Å². The van der Waals surface area contributed by atoms with Gasteiger partial charge in [-0.05, 0) is 24.6 Å². The highest BCUT2D eigenvalue weighted by Crippen LogP contribution is 2.22. The Balaban J connectivity index is 2.35. The maximum atomic E-state index is 6.06. The van der Waals surface area contributed by atoms with Gasteiger partial charge in [0.1, 0.15) is 10.7 Å². The topological polar surface area (TPSA) is 35.2 Å². The fraction of sp³-hybridized carbons (Fsp3) is 0.500. The Morgan fingerprint density at radius 1 is 1.28 bits per heavy atom. The lowest BCUT2D eigenvalue weighted by atomic mass is 10.2. The number of rotatable bonds is 8. The van der Waals surface area contributed by atoms with Crippen LogP contribution in [0.2, 0.25) is 5.02 Å². The van der Waals surface area contributed by atoms with Crippen molar-refractivity contribution in [2.45, 2.75) is 39.0 Å². The minimum atomic E-state index is 0.311. The van der Waals surface area contributed by atoms with Gasteiger partial charge in [-0.3, -0.25) is 0 Å². The van der Waals surface area contributed by atoms with Crippen molar-refractivity contribution in [1.82, 2.24) is 0 Å². The first-order valence-electron chi connectivity index (χ1n) is 6.37. The van der Waals surface area contributed by atoms with E-state index in [-0.39, 0.29) is 0 Å². The van der Waals surface area contributed by atoms with Crippen LogP contribution in [0.4, 0.5) is 0 Å². The minimum Gasteiger partial charge on any atom is -0.494 e. The van der Waals surface area contributed by atoms with Crippen LogP contribution in [0.25, 0.3) is 0 Å². The molecular formula is C14H20ClNOS. The molecule has 2 N–H and O–H groups in total. The Labute approximate surface area is 119 Å². The van der Waals surface area contributed by atoms with Crippen LogP contribution < -0.4 is 10.5 Å². The quantitative estimate of drug-likeness (QED) is 0.570. The molecule has 0 saturated heterocycles. The summed E-state index contributed by atoms with van der Waals surface area (Å²) in [5.41, 5.74) is 6.24. The van der Waals surface area contributed by atoms with Gasteiger partial charge in [-0.1, -0.05) is 56.4 Å². The fourth-order valence-corrected chi connectivity index (χ4v) is 2.19. The first-order valence-corrected chi connectivity index (χ1v) is 7.16. The van der Waals surface area contributed by atoms with E-state index >= 15 is 0 Å². The molecule has 0 atom stereocenters. The summed E-state index contributed by atoms with van der Waals surface area (Å²) >= 11 is 11.0. The van der Waals surface area contributed by atoms with Crippen LogP contribution in [0.15, 0.2) is 18.2 Å². The number of benzene rings is 1. The monoisotopic (exact) mass is 285 g/mol. The second-order valence-electron chi connectivity index (χ2n) is 4.27. The van der Waals surface area contributed by atoms with E-state index in [9.17, 15) is 0 Å². The van der Waals surface area contributed by atoms with Crippen LogP contribution in [0.1, 0.15) is 44.6 Å². The van der Waals surface area contributed by atoms with E-state index in [1.807, 2.05) is 6.07 Å². The van der Waals surface area contributed by atoms with E-state index in [1.165, 1.54) is 25.7 Å². The highest BCUT2D eigenvalue weighted by molar-refractivity contribution is 7.80. The first-order chi connectivity index (χ1) is 8.65. The number of unbranched alkanes of at least 4 members (excludes halogenated alkanes) is 4. The summed E-state index contributed by atoms with van der Waals surface area (Å²) in [7, 11) is 0. The number of thiocarbonyl (C=S) groups is 1. The number of hydrogen-bond acceptors (Lipinski definition) is 2. The lowest BCUT2D eigenvalue weighted by Gasteiger charge is -2.08. The van der Waals surface area contributed by atoms with Crippen molar-refractivity contribution >= 4 is 28.8 Å². The Hall–Kier alpha value is -0.800. The van der Waals surface area contributed by atoms with Gasteiger partial charge in [0, 0.05) is 5.56 Å². The average molecular weight is 286 g/mol. The maximum absolute atomic E-state index is 6.06. The third-order valence-electron chi connectivity index (χ3n) is 2.72. The lowest BCUT2D eigenvalue weighted by Crippen LogP contribution is -2.10. The van der Waals surface area contributed by atoms with Gasteiger partial charge in [-0.2, -0.15) is 0 Å². The molecule has 0 aliphatic rings. The number of hydrogen-bond donors (Lipinski definition) is 1. The van der Waals surface area contributed by atoms with Crippen LogP contribution in [0, 0.1) is 0 Å². The molecule has 0 unspecified atom stereocenters. The number of ether oxygens (including phenoxy) is 1. The number of halogens is 1. The van der Waals surface area contributed by atoms with Gasteiger partial charge >= 0.3 is 0 Å². The Morgan fingerprint density at radius 2 is 2.00 bits per heavy atom. The SMILES string of the molecule is CCCCCCCOc1ccc(C(N)=S)c(Cl)c1. The molecule has 100 valence electrons. The Bertz CT molecular complexity index is 395. The summed E-state index contributed by atoms with van der Waals surface area (Å²) < 4.78 is 5.63. The predicted octanol–water partition coefficient (Wildman–Crippen LogP) is 4.32. The van der Waals surface area contributed by atoms with E-state index in [2.05, 4.69) is 6.92 Å². The van der Waals surface area contributed by atoms with Gasteiger partial charge in [0.25, 0.3) is 0 Å². The third-order valence-corrected chi connectivity index (χ3v) is 3.26. The van der Waals surface area contributed by atoms with Crippen molar-refractivity contribution in [3.8, 4) is 5.75 Å². The van der Waals surface area contributed by atoms with Crippen molar-refractivity contribution in [1.29, 1.82) is 0 Å². The van der Waals surface area contributed by atoms with Gasteiger partial charge in [0.05, 0.1) is 11.6 Å². The zero-order valence-electron chi connectivity index (χ0n) is 10.7. The molecule has 0 amide bonds. The molecular weight excluding hydrogens is 266 g/mol. The molecule has 0 spiro atoms. The molecule has 1 aromatic carbocycles. The predicted molar refractivity (Wildman–Crippen MR) is 81.6 cm³/mol. The van der Waals surface area contributed by atoms with Gasteiger partial charge < -0.3 is 10.5 Å². The molecule has 0 fully saturated rings. The Morgan fingerprint density at radius 3 is 2.61 bits per heavy atom. The molecule has 0 saturated carbocycles.